The van der Waals surface area contributed by atoms with E-state index in [4.69, 9.17) is 37.3 Å². The normalized spacial score (nSPS) is 14.2. The second-order valence-electron chi connectivity index (χ2n) is 23.3. The van der Waals surface area contributed by atoms with E-state index < -0.39 is 89.5 Å². The van der Waals surface area contributed by atoms with Gasteiger partial charge in [-0.1, -0.05) is 44.2 Å². The largest absolute Gasteiger partial charge is 0.508 e. The number of carbonyl (C=O) groups is 11. The van der Waals surface area contributed by atoms with E-state index in [-0.39, 0.29) is 107 Å². The number of imide groups is 1. The van der Waals surface area contributed by atoms with Gasteiger partial charge < -0.3 is 76.8 Å². The number of hydrogen-bond donors (Lipinski definition) is 9. The minimum absolute atomic E-state index is 0.00999. The van der Waals surface area contributed by atoms with Gasteiger partial charge in [0.05, 0.1) is 30.2 Å². The number of Topliss-reactive ketones (excluding diaryl/α,β-unsaturated/α-hetero) is 1. The summed E-state index contributed by atoms with van der Waals surface area (Å²) in [5.41, 5.74) is 15.2. The van der Waals surface area contributed by atoms with Crippen LogP contribution in [-0.2, 0) is 40.1 Å². The molecule has 4 heterocycles. The fourth-order valence-corrected chi connectivity index (χ4v) is 11.2. The van der Waals surface area contributed by atoms with E-state index in [0.29, 0.717) is 57.5 Å². The van der Waals surface area contributed by atoms with E-state index in [9.17, 15) is 63.0 Å². The zero-order chi connectivity index (χ0) is 68.6. The number of halogens is 1. The number of aryl methyl sites for hydroxylation is 1. The highest BCUT2D eigenvalue weighted by molar-refractivity contribution is 6.20. The van der Waals surface area contributed by atoms with Crippen molar-refractivity contribution in [2.75, 3.05) is 74.3 Å². The number of benzene rings is 4. The molecule has 0 fully saturated rings. The van der Waals surface area contributed by atoms with Crippen LogP contribution in [0.1, 0.15) is 95.8 Å². The van der Waals surface area contributed by atoms with Crippen LogP contribution in [0, 0.1) is 18.8 Å². The average Bonchev–Trinajstić information content (AvgIpc) is 1.63. The third kappa shape index (κ3) is 18.4. The number of aromatic amines is 1. The monoisotopic (exact) mass is 1330 g/mol. The predicted molar refractivity (Wildman–Crippen MR) is 350 cm³/mol. The maximum atomic E-state index is 14.7. The number of ketones is 1. The Labute approximate surface area is 550 Å². The molecule has 4 atom stereocenters. The molecule has 0 saturated heterocycles. The first-order chi connectivity index (χ1) is 45.4. The fourth-order valence-electron chi connectivity index (χ4n) is 11.0. The molecule has 502 valence electrons. The molecule has 2 aliphatic rings. The summed E-state index contributed by atoms with van der Waals surface area (Å²) in [6.45, 7) is 4.81. The van der Waals surface area contributed by atoms with E-state index in [0.717, 1.165) is 33.6 Å². The summed E-state index contributed by atoms with van der Waals surface area (Å²) in [7, 11) is 1.48. The molecule has 28 nitrogen and oxygen atoms in total. The first kappa shape index (κ1) is 70.3. The molecule has 0 spiro atoms. The van der Waals surface area contributed by atoms with Crippen LogP contribution in [0.15, 0.2) is 103 Å². The molecule has 29 heteroatoms. The number of urea groups is 1. The van der Waals surface area contributed by atoms with E-state index >= 15 is 0 Å². The Morgan fingerprint density at radius 2 is 1.58 bits per heavy atom. The van der Waals surface area contributed by atoms with E-state index in [1.807, 2.05) is 19.1 Å². The van der Waals surface area contributed by atoms with Gasteiger partial charge in [-0.2, -0.15) is 0 Å². The summed E-state index contributed by atoms with van der Waals surface area (Å²) in [6.07, 6.45) is 1.97. The van der Waals surface area contributed by atoms with Crippen molar-refractivity contribution >= 4 is 116 Å². The van der Waals surface area contributed by atoms with Gasteiger partial charge in [-0.15, -0.1) is 11.6 Å². The zero-order valence-corrected chi connectivity index (χ0v) is 53.4. The van der Waals surface area contributed by atoms with Crippen LogP contribution in [0.25, 0.3) is 21.8 Å². The van der Waals surface area contributed by atoms with Gasteiger partial charge in [0, 0.05) is 104 Å². The lowest BCUT2D eigenvalue weighted by molar-refractivity contribution is -0.139. The molecule has 0 unspecified atom stereocenters. The minimum atomic E-state index is -1.17. The molecule has 2 aliphatic heterocycles. The number of primary amides is 1. The lowest BCUT2D eigenvalue weighted by Crippen LogP contribution is -2.46. The third-order valence-electron chi connectivity index (χ3n) is 16.1. The molecule has 8 rings (SSSR count). The smallest absolute Gasteiger partial charge is 0.415 e. The SMILES string of the molecule is Cc1cccc2c(OC(=O)N(CCCC[C@H](N)C(=O)O)CCN(C)C(=O)OCc3ccc(NC(=O)[C@H](CCCNC(N)=O)CC(=O)[C@@H](NC(=O)OCCN4C(=O)C=CC4=O)C(C)C)cc3)cc3c(c12)[C@H](CCl)CN3C(=O)c1cc2cc(NC(=O)c3ccc(O)cc3)cnc2[nH]1. The molecule has 2 aromatic heterocycles. The fraction of sp³-hybridized carbons (Fsp3) is 0.364. The molecular formula is C66H75ClN12O16. The quantitative estimate of drug-likeness (QED) is 0.0122. The molecule has 0 aliphatic carbocycles. The van der Waals surface area contributed by atoms with Crippen molar-refractivity contribution in [3.63, 3.8) is 0 Å². The van der Waals surface area contributed by atoms with Gasteiger partial charge in [-0.05, 0) is 116 Å². The van der Waals surface area contributed by atoms with E-state index in [2.05, 4.69) is 31.2 Å². The van der Waals surface area contributed by atoms with Crippen LogP contribution in [0.2, 0.25) is 0 Å². The molecular weight excluding hydrogens is 1250 g/mol. The number of carboxylic acid groups (broad SMARTS) is 1. The number of carbonyl (C=O) groups excluding carboxylic acids is 10. The van der Waals surface area contributed by atoms with Crippen LogP contribution >= 0.6 is 11.6 Å². The number of nitrogens with one attached hydrogen (secondary N) is 5. The third-order valence-corrected chi connectivity index (χ3v) is 16.5. The zero-order valence-electron chi connectivity index (χ0n) is 52.7. The number of unbranched alkanes of at least 4 members (excludes halogenated alkanes) is 1. The first-order valence-corrected chi connectivity index (χ1v) is 31.2. The summed E-state index contributed by atoms with van der Waals surface area (Å²) in [5, 5.41) is 31.5. The van der Waals surface area contributed by atoms with Gasteiger partial charge in [0.1, 0.15) is 42.1 Å². The Hall–Kier alpha value is -10.6. The number of carboxylic acids is 1. The number of hydrogen-bond acceptors (Lipinski definition) is 17. The number of nitrogens with two attached hydrogens (primary N) is 2. The van der Waals surface area contributed by atoms with Gasteiger partial charge in [0.2, 0.25) is 5.91 Å². The van der Waals surface area contributed by atoms with Gasteiger partial charge in [0.25, 0.3) is 23.6 Å². The number of alkyl halides is 1. The van der Waals surface area contributed by atoms with Gasteiger partial charge in [-0.25, -0.2) is 24.2 Å². The summed E-state index contributed by atoms with van der Waals surface area (Å²) in [4.78, 5) is 155. The van der Waals surface area contributed by atoms with Crippen LogP contribution < -0.4 is 42.4 Å². The highest BCUT2D eigenvalue weighted by Gasteiger charge is 2.37. The molecule has 0 bridgehead atoms. The number of aromatic nitrogens is 2. The lowest BCUT2D eigenvalue weighted by Gasteiger charge is -2.26. The highest BCUT2D eigenvalue weighted by atomic mass is 35.5. The van der Waals surface area contributed by atoms with Crippen molar-refractivity contribution in [3.05, 3.63) is 131 Å². The summed E-state index contributed by atoms with van der Waals surface area (Å²) in [6, 6.07) is 19.5. The summed E-state index contributed by atoms with van der Waals surface area (Å²) < 4.78 is 17.1. The first-order valence-electron chi connectivity index (χ1n) is 30.7. The van der Waals surface area contributed by atoms with Crippen molar-refractivity contribution in [1.29, 1.82) is 0 Å². The number of phenolic OH excluding ortho intramolecular Hbond substituents is 1. The number of alkyl carbamates (subject to hydrolysis) is 1. The Kier molecular flexibility index (Phi) is 23.9. The number of aromatic hydroxyl groups is 1. The molecule has 10 amide bonds. The van der Waals surface area contributed by atoms with Crippen LogP contribution in [-0.4, -0.2) is 171 Å². The Balaban J connectivity index is 0.906. The molecule has 0 radical (unpaired) electrons. The van der Waals surface area contributed by atoms with Crippen LogP contribution in [0.4, 0.5) is 36.2 Å². The van der Waals surface area contributed by atoms with Crippen LogP contribution in [0.5, 0.6) is 11.5 Å². The number of nitrogens with zero attached hydrogens (tertiary/aromatic N) is 5. The van der Waals surface area contributed by atoms with Crippen LogP contribution in [0.3, 0.4) is 0 Å². The molecule has 0 saturated carbocycles. The van der Waals surface area contributed by atoms with Gasteiger partial charge in [0.15, 0.2) is 5.78 Å². The number of rotatable bonds is 30. The number of likely N-dealkylation sites (N-methyl/N-ethyl adjacent to an activating group) is 1. The Morgan fingerprint density at radius 1 is 0.853 bits per heavy atom. The number of phenols is 1. The maximum absolute atomic E-state index is 14.7. The number of anilines is 3. The number of fused-ring (bicyclic) bond motifs is 4. The van der Waals surface area contributed by atoms with Gasteiger partial charge >= 0.3 is 30.3 Å². The summed E-state index contributed by atoms with van der Waals surface area (Å²) >= 11 is 6.66. The Bertz CT molecular complexity index is 3900. The lowest BCUT2D eigenvalue weighted by atomic mass is 9.89. The van der Waals surface area contributed by atoms with Gasteiger partial charge in [-0.3, -0.25) is 38.5 Å². The second kappa shape index (κ2) is 32.3. The number of amides is 10. The van der Waals surface area contributed by atoms with E-state index in [1.54, 1.807) is 67.3 Å². The van der Waals surface area contributed by atoms with E-state index in [1.165, 1.54) is 47.3 Å². The number of ether oxygens (including phenoxy) is 3. The summed E-state index contributed by atoms with van der Waals surface area (Å²) in [5.74, 6) is -5.58. The maximum Gasteiger partial charge on any atom is 0.415 e. The number of H-pyrrole nitrogens is 1. The Morgan fingerprint density at radius 3 is 2.26 bits per heavy atom. The minimum Gasteiger partial charge on any atom is -0.508 e. The van der Waals surface area contributed by atoms with Crippen molar-refractivity contribution in [2.45, 2.75) is 83.9 Å². The topological polar surface area (TPSA) is 398 Å². The molecule has 11 N–H and O–H groups in total. The average molecular weight is 1330 g/mol. The number of pyridine rings is 1. The van der Waals surface area contributed by atoms with Crippen molar-refractivity contribution in [3.8, 4) is 11.5 Å². The second-order valence-corrected chi connectivity index (χ2v) is 23.6. The molecule has 6 aromatic rings. The molecule has 95 heavy (non-hydrogen) atoms. The van der Waals surface area contributed by atoms with Crippen molar-refractivity contribution in [1.82, 2.24) is 35.3 Å². The van der Waals surface area contributed by atoms with Crippen molar-refractivity contribution in [2.24, 2.45) is 23.3 Å². The highest BCUT2D eigenvalue weighted by Crippen LogP contribution is 2.47. The predicted octanol–water partition coefficient (Wildman–Crippen LogP) is 7.26. The van der Waals surface area contributed by atoms with Crippen molar-refractivity contribution < 1.29 is 77.2 Å². The standard InChI is InChI=1S/C66H75ClN12O16/c1-37(2)57(75-64(90)93-28-27-78-53(82)21-22-54(78)83)51(81)31-41(10-8-23-70-63(69)89)60(85)72-44-17-13-39(14-18-44)36-94-65(91)76(4)25-26-77(24-6-5-12-48(68)62(87)88)66(92)95-52-32-50-56(55-38(3)9-7-11-47(52)55)43(33-67)35-79(50)61(86)49-30-42-29-45(34-71-58(42)74-49)73-59(84)40-15-19-46(80)20-16-40/h7,9,11,13-22,29-30,32,34,37,41,43,48,57,80H,5-6,8,10,12,23-28,31,33,35-36,68H2,1-4H3,(H,71,74)(H,72,85)(H,73,84)(H,75,90)(H,87,88)(H3,69,70,89)/t41-,43-,48+,57+/m1/s1. The molecule has 4 aromatic carbocycles. The number of aliphatic carboxylic acids is 1.